The van der Waals surface area contributed by atoms with Crippen LogP contribution in [0.25, 0.3) is 0 Å². The first-order valence-electron chi connectivity index (χ1n) is 4.50. The van der Waals surface area contributed by atoms with Crippen molar-refractivity contribution in [1.82, 2.24) is 10.2 Å². The Labute approximate surface area is 84.2 Å². The first-order valence-corrected chi connectivity index (χ1v) is 5.65. The normalized spacial score (nSPS) is 24.8. The van der Waals surface area contributed by atoms with Gasteiger partial charge in [-0.25, -0.2) is 0 Å². The summed E-state index contributed by atoms with van der Waals surface area (Å²) in [6.07, 6.45) is 0. The molecule has 0 aliphatic carbocycles. The molecule has 4 heteroatoms. The van der Waals surface area contributed by atoms with E-state index in [1.807, 2.05) is 39.6 Å². The molecule has 1 rings (SSSR count). The van der Waals surface area contributed by atoms with Crippen molar-refractivity contribution in [3.8, 4) is 0 Å². The summed E-state index contributed by atoms with van der Waals surface area (Å²) in [6.45, 7) is 6.02. The van der Waals surface area contributed by atoms with E-state index in [1.165, 1.54) is 0 Å². The number of amides is 1. The van der Waals surface area contributed by atoms with Gasteiger partial charge in [0, 0.05) is 17.2 Å². The smallest absolute Gasteiger partial charge is 0.238 e. The quantitative estimate of drug-likeness (QED) is 0.686. The van der Waals surface area contributed by atoms with Crippen molar-refractivity contribution in [2.24, 2.45) is 0 Å². The molecule has 0 aromatic carbocycles. The first kappa shape index (κ1) is 10.9. The SMILES string of the molecule is CN1CSC[C@H]1C(=O)NC(C)(C)C. The monoisotopic (exact) mass is 202 g/mol. The summed E-state index contributed by atoms with van der Waals surface area (Å²) in [6, 6.07) is 0.0595. The maximum Gasteiger partial charge on any atom is 0.238 e. The fourth-order valence-electron chi connectivity index (χ4n) is 1.25. The Hall–Kier alpha value is -0.220. The van der Waals surface area contributed by atoms with Crippen molar-refractivity contribution in [3.63, 3.8) is 0 Å². The third-order valence-corrected chi connectivity index (χ3v) is 3.04. The maximum atomic E-state index is 11.7. The van der Waals surface area contributed by atoms with Gasteiger partial charge in [-0.05, 0) is 27.8 Å². The fourth-order valence-corrected chi connectivity index (χ4v) is 2.46. The van der Waals surface area contributed by atoms with Gasteiger partial charge in [-0.3, -0.25) is 9.69 Å². The number of carbonyl (C=O) groups excluding carboxylic acids is 1. The van der Waals surface area contributed by atoms with Crippen molar-refractivity contribution in [3.05, 3.63) is 0 Å². The lowest BCUT2D eigenvalue weighted by molar-refractivity contribution is -0.126. The summed E-state index contributed by atoms with van der Waals surface area (Å²) in [7, 11) is 1.99. The predicted molar refractivity (Wildman–Crippen MR) is 56.8 cm³/mol. The average molecular weight is 202 g/mol. The molecule has 1 saturated heterocycles. The Morgan fingerprint density at radius 2 is 2.15 bits per heavy atom. The van der Waals surface area contributed by atoms with E-state index >= 15 is 0 Å². The highest BCUT2D eigenvalue weighted by molar-refractivity contribution is 7.99. The summed E-state index contributed by atoms with van der Waals surface area (Å²) in [5, 5.41) is 3.00. The van der Waals surface area contributed by atoms with Gasteiger partial charge in [0.05, 0.1) is 6.04 Å². The van der Waals surface area contributed by atoms with Crippen molar-refractivity contribution in [1.29, 1.82) is 0 Å². The number of hydrogen-bond donors (Lipinski definition) is 1. The maximum absolute atomic E-state index is 11.7. The third-order valence-electron chi connectivity index (χ3n) is 1.90. The molecule has 0 radical (unpaired) electrons. The summed E-state index contributed by atoms with van der Waals surface area (Å²) in [5.41, 5.74) is -0.120. The molecule has 13 heavy (non-hydrogen) atoms. The zero-order valence-electron chi connectivity index (χ0n) is 8.76. The number of likely N-dealkylation sites (N-methyl/N-ethyl adjacent to an activating group) is 1. The van der Waals surface area contributed by atoms with Crippen LogP contribution in [0.2, 0.25) is 0 Å². The van der Waals surface area contributed by atoms with Crippen LogP contribution in [0, 0.1) is 0 Å². The van der Waals surface area contributed by atoms with E-state index in [2.05, 4.69) is 10.2 Å². The third kappa shape index (κ3) is 3.19. The van der Waals surface area contributed by atoms with Gasteiger partial charge in [-0.2, -0.15) is 0 Å². The Morgan fingerprint density at radius 3 is 2.54 bits per heavy atom. The minimum atomic E-state index is -0.120. The number of hydrogen-bond acceptors (Lipinski definition) is 3. The van der Waals surface area contributed by atoms with Crippen molar-refractivity contribution in [2.45, 2.75) is 32.4 Å². The lowest BCUT2D eigenvalue weighted by Crippen LogP contribution is -2.50. The van der Waals surface area contributed by atoms with E-state index in [1.54, 1.807) is 0 Å². The van der Waals surface area contributed by atoms with Gasteiger partial charge in [0.1, 0.15) is 0 Å². The summed E-state index contributed by atoms with van der Waals surface area (Å²) < 4.78 is 0. The van der Waals surface area contributed by atoms with Crippen LogP contribution in [-0.4, -0.2) is 41.1 Å². The zero-order chi connectivity index (χ0) is 10.1. The molecule has 0 spiro atoms. The molecule has 0 aromatic heterocycles. The topological polar surface area (TPSA) is 32.3 Å². The molecule has 0 aromatic rings. The van der Waals surface area contributed by atoms with Crippen LogP contribution in [0.1, 0.15) is 20.8 Å². The van der Waals surface area contributed by atoms with Crippen LogP contribution in [0.4, 0.5) is 0 Å². The molecule has 0 saturated carbocycles. The second kappa shape index (κ2) is 3.88. The lowest BCUT2D eigenvalue weighted by atomic mass is 10.1. The van der Waals surface area contributed by atoms with Crippen LogP contribution in [0.3, 0.4) is 0 Å². The lowest BCUT2D eigenvalue weighted by Gasteiger charge is -2.25. The standard InChI is InChI=1S/C9H18N2OS/c1-9(2,3)10-8(12)7-5-13-6-11(7)4/h7H,5-6H2,1-4H3,(H,10,12)/t7-/m0/s1. The van der Waals surface area contributed by atoms with Gasteiger partial charge in [0.25, 0.3) is 0 Å². The van der Waals surface area contributed by atoms with Gasteiger partial charge in [0.2, 0.25) is 5.91 Å². The van der Waals surface area contributed by atoms with E-state index in [4.69, 9.17) is 0 Å². The largest absolute Gasteiger partial charge is 0.350 e. The second-order valence-electron chi connectivity index (χ2n) is 4.51. The Kier molecular flexibility index (Phi) is 3.24. The number of rotatable bonds is 1. The zero-order valence-corrected chi connectivity index (χ0v) is 9.57. The Bertz CT molecular complexity index is 200. The number of nitrogens with one attached hydrogen (secondary N) is 1. The van der Waals surface area contributed by atoms with Crippen LogP contribution in [0.5, 0.6) is 0 Å². The molecule has 0 unspecified atom stereocenters. The number of nitrogens with zero attached hydrogens (tertiary/aromatic N) is 1. The average Bonchev–Trinajstić information content (AvgIpc) is 2.30. The van der Waals surface area contributed by atoms with Gasteiger partial charge in [-0.15, -0.1) is 11.8 Å². The van der Waals surface area contributed by atoms with Gasteiger partial charge in [-0.1, -0.05) is 0 Å². The van der Waals surface area contributed by atoms with Crippen molar-refractivity contribution in [2.75, 3.05) is 18.7 Å². The van der Waals surface area contributed by atoms with Crippen molar-refractivity contribution < 1.29 is 4.79 Å². The van der Waals surface area contributed by atoms with E-state index in [9.17, 15) is 4.79 Å². The minimum absolute atomic E-state index is 0.0595. The molecule has 1 aliphatic rings. The molecule has 1 heterocycles. The van der Waals surface area contributed by atoms with Gasteiger partial charge in [0.15, 0.2) is 0 Å². The summed E-state index contributed by atoms with van der Waals surface area (Å²) in [5.74, 6) is 2.03. The fraction of sp³-hybridized carbons (Fsp3) is 0.889. The highest BCUT2D eigenvalue weighted by Gasteiger charge is 2.30. The van der Waals surface area contributed by atoms with Gasteiger partial charge >= 0.3 is 0 Å². The Balaban J connectivity index is 2.48. The highest BCUT2D eigenvalue weighted by atomic mass is 32.2. The van der Waals surface area contributed by atoms with Crippen LogP contribution >= 0.6 is 11.8 Å². The summed E-state index contributed by atoms with van der Waals surface area (Å²) >= 11 is 1.81. The van der Waals surface area contributed by atoms with Crippen molar-refractivity contribution >= 4 is 17.7 Å². The van der Waals surface area contributed by atoms with E-state index in [0.29, 0.717) is 0 Å². The Morgan fingerprint density at radius 1 is 1.54 bits per heavy atom. The molecule has 0 bridgehead atoms. The highest BCUT2D eigenvalue weighted by Crippen LogP contribution is 2.19. The van der Waals surface area contributed by atoms with Crippen LogP contribution < -0.4 is 5.32 Å². The van der Waals surface area contributed by atoms with Crippen LogP contribution in [0.15, 0.2) is 0 Å². The van der Waals surface area contributed by atoms with Gasteiger partial charge < -0.3 is 5.32 Å². The number of carbonyl (C=O) groups is 1. The minimum Gasteiger partial charge on any atom is -0.350 e. The second-order valence-corrected chi connectivity index (χ2v) is 5.51. The first-order chi connectivity index (χ1) is 5.90. The van der Waals surface area contributed by atoms with E-state index in [0.717, 1.165) is 11.6 Å². The molecule has 1 aliphatic heterocycles. The number of thioether (sulfide) groups is 1. The molecular formula is C9H18N2OS. The predicted octanol–water partition coefficient (Wildman–Crippen LogP) is 0.906. The van der Waals surface area contributed by atoms with E-state index < -0.39 is 0 Å². The molecule has 3 nitrogen and oxygen atoms in total. The molecule has 1 N–H and O–H groups in total. The molecular weight excluding hydrogens is 184 g/mol. The van der Waals surface area contributed by atoms with Crippen LogP contribution in [-0.2, 0) is 4.79 Å². The summed E-state index contributed by atoms with van der Waals surface area (Å²) in [4.78, 5) is 13.8. The molecule has 1 amide bonds. The van der Waals surface area contributed by atoms with E-state index in [-0.39, 0.29) is 17.5 Å². The molecule has 1 atom stereocenters. The molecule has 1 fully saturated rings. The molecule has 76 valence electrons.